The normalized spacial score (nSPS) is 10.3. The Hall–Kier alpha value is -1.88. The van der Waals surface area contributed by atoms with Gasteiger partial charge in [0.05, 0.1) is 13.4 Å². The number of aromatic carboxylic acids is 1. The van der Waals surface area contributed by atoms with Gasteiger partial charge in [-0.2, -0.15) is 0 Å². The van der Waals surface area contributed by atoms with Gasteiger partial charge in [-0.3, -0.25) is 0 Å². The highest BCUT2D eigenvalue weighted by Gasteiger charge is 2.14. The van der Waals surface area contributed by atoms with E-state index in [1.807, 2.05) is 24.3 Å². The van der Waals surface area contributed by atoms with Gasteiger partial charge < -0.3 is 14.3 Å². The van der Waals surface area contributed by atoms with Crippen LogP contribution >= 0.6 is 11.8 Å². The fourth-order valence-electron chi connectivity index (χ4n) is 1.53. The molecule has 0 saturated carbocycles. The largest absolute Gasteiger partial charge is 0.496 e. The molecule has 0 unspecified atom stereocenters. The molecule has 1 aromatic carbocycles. The fraction of sp³-hybridized carbons (Fsp3) is 0.154. The number of rotatable bonds is 5. The fourth-order valence-corrected chi connectivity index (χ4v) is 2.54. The summed E-state index contributed by atoms with van der Waals surface area (Å²) in [5, 5.41) is 8.92. The molecule has 0 aliphatic rings. The second-order valence-corrected chi connectivity index (χ2v) is 4.54. The van der Waals surface area contributed by atoms with Crippen LogP contribution in [-0.4, -0.2) is 18.2 Å². The van der Waals surface area contributed by atoms with Crippen molar-refractivity contribution >= 4 is 17.7 Å². The molecule has 0 fully saturated rings. The minimum Gasteiger partial charge on any atom is -0.496 e. The van der Waals surface area contributed by atoms with Crippen LogP contribution in [0.5, 0.6) is 5.75 Å². The molecule has 0 radical (unpaired) electrons. The number of benzene rings is 1. The van der Waals surface area contributed by atoms with Gasteiger partial charge in [0, 0.05) is 16.2 Å². The highest BCUT2D eigenvalue weighted by molar-refractivity contribution is 7.98. The zero-order valence-corrected chi connectivity index (χ0v) is 10.6. The van der Waals surface area contributed by atoms with E-state index in [2.05, 4.69) is 0 Å². The predicted octanol–water partition coefficient (Wildman–Crippen LogP) is 3.28. The molecule has 0 amide bonds. The number of hydrogen-bond donors (Lipinski definition) is 1. The molecule has 0 aliphatic heterocycles. The van der Waals surface area contributed by atoms with E-state index >= 15 is 0 Å². The average Bonchev–Trinajstić information content (AvgIpc) is 2.85. The van der Waals surface area contributed by atoms with Gasteiger partial charge in [0.2, 0.25) is 5.76 Å². The molecule has 1 N–H and O–H groups in total. The summed E-state index contributed by atoms with van der Waals surface area (Å²) in [6.07, 6.45) is 1.39. The van der Waals surface area contributed by atoms with Crippen LogP contribution in [0.1, 0.15) is 16.1 Å². The molecule has 0 spiro atoms. The maximum absolute atomic E-state index is 10.9. The van der Waals surface area contributed by atoms with E-state index in [-0.39, 0.29) is 5.76 Å². The summed E-state index contributed by atoms with van der Waals surface area (Å²) in [7, 11) is 1.61. The number of carboxylic acid groups (broad SMARTS) is 1. The molecule has 0 aliphatic carbocycles. The molecule has 1 heterocycles. The van der Waals surface area contributed by atoms with E-state index in [1.165, 1.54) is 18.0 Å². The Morgan fingerprint density at radius 2 is 2.17 bits per heavy atom. The quantitative estimate of drug-likeness (QED) is 0.840. The lowest BCUT2D eigenvalue weighted by molar-refractivity contribution is 0.0661. The number of thioether (sulfide) groups is 1. The molecule has 4 nitrogen and oxygen atoms in total. The maximum atomic E-state index is 10.9. The number of carboxylic acids is 1. The Bertz CT molecular complexity index is 547. The summed E-state index contributed by atoms with van der Waals surface area (Å²) < 4.78 is 10.2. The van der Waals surface area contributed by atoms with Crippen LogP contribution < -0.4 is 4.74 Å². The van der Waals surface area contributed by atoms with E-state index in [4.69, 9.17) is 14.3 Å². The van der Waals surface area contributed by atoms with Gasteiger partial charge in [0.15, 0.2) is 0 Å². The molecule has 0 atom stereocenters. The van der Waals surface area contributed by atoms with E-state index in [0.29, 0.717) is 11.3 Å². The number of furan rings is 1. The van der Waals surface area contributed by atoms with Gasteiger partial charge in [-0.15, -0.1) is 11.8 Å². The third-order valence-corrected chi connectivity index (χ3v) is 3.50. The van der Waals surface area contributed by atoms with Crippen LogP contribution in [-0.2, 0) is 5.75 Å². The topological polar surface area (TPSA) is 59.7 Å². The smallest absolute Gasteiger partial charge is 0.372 e. The van der Waals surface area contributed by atoms with E-state index in [1.54, 1.807) is 13.2 Å². The molecule has 2 aromatic rings. The first-order valence-electron chi connectivity index (χ1n) is 5.28. The second kappa shape index (κ2) is 5.64. The summed E-state index contributed by atoms with van der Waals surface area (Å²) in [6.45, 7) is 0. The Kier molecular flexibility index (Phi) is 3.94. The average molecular weight is 264 g/mol. The molecule has 0 bridgehead atoms. The highest BCUT2D eigenvalue weighted by atomic mass is 32.2. The van der Waals surface area contributed by atoms with E-state index in [9.17, 15) is 4.79 Å². The van der Waals surface area contributed by atoms with Crippen LogP contribution in [0, 0.1) is 0 Å². The zero-order valence-electron chi connectivity index (χ0n) is 9.75. The first-order valence-corrected chi connectivity index (χ1v) is 6.26. The molecular formula is C13H12O4S. The van der Waals surface area contributed by atoms with Crippen LogP contribution in [0.2, 0.25) is 0 Å². The van der Waals surface area contributed by atoms with E-state index in [0.717, 1.165) is 10.6 Å². The van der Waals surface area contributed by atoms with Crippen molar-refractivity contribution in [2.24, 2.45) is 0 Å². The molecule has 94 valence electrons. The lowest BCUT2D eigenvalue weighted by Gasteiger charge is -2.06. The minimum atomic E-state index is -1.05. The van der Waals surface area contributed by atoms with Crippen molar-refractivity contribution < 1.29 is 19.1 Å². The van der Waals surface area contributed by atoms with Crippen molar-refractivity contribution in [3.8, 4) is 5.75 Å². The monoisotopic (exact) mass is 264 g/mol. The number of para-hydroxylation sites is 1. The summed E-state index contributed by atoms with van der Waals surface area (Å²) in [4.78, 5) is 11.9. The van der Waals surface area contributed by atoms with E-state index < -0.39 is 5.97 Å². The molecule has 2 rings (SSSR count). The second-order valence-electron chi connectivity index (χ2n) is 3.52. The SMILES string of the molecule is COc1ccccc1SCc1ccoc1C(=O)O. The standard InChI is InChI=1S/C13H12O4S/c1-16-10-4-2-3-5-11(10)18-8-9-6-7-17-12(9)13(14)15/h2-7H,8H2,1H3,(H,14,15). The van der Waals surface area contributed by atoms with Crippen molar-refractivity contribution in [1.29, 1.82) is 0 Å². The van der Waals surface area contributed by atoms with Gasteiger partial charge >= 0.3 is 5.97 Å². The van der Waals surface area contributed by atoms with Crippen molar-refractivity contribution in [1.82, 2.24) is 0 Å². The van der Waals surface area contributed by atoms with Crippen LogP contribution in [0.4, 0.5) is 0 Å². The Balaban J connectivity index is 2.11. The van der Waals surface area contributed by atoms with Gasteiger partial charge in [0.1, 0.15) is 5.75 Å². The third kappa shape index (κ3) is 2.68. The third-order valence-electron chi connectivity index (χ3n) is 2.39. The Morgan fingerprint density at radius 3 is 2.89 bits per heavy atom. The van der Waals surface area contributed by atoms with Crippen LogP contribution in [0.15, 0.2) is 45.9 Å². The zero-order chi connectivity index (χ0) is 13.0. The number of ether oxygens (including phenoxy) is 1. The van der Waals surface area contributed by atoms with Crippen molar-refractivity contribution in [3.05, 3.63) is 47.9 Å². The lowest BCUT2D eigenvalue weighted by Crippen LogP contribution is -1.97. The molecule has 1 aromatic heterocycles. The highest BCUT2D eigenvalue weighted by Crippen LogP contribution is 2.32. The first kappa shape index (κ1) is 12.6. The van der Waals surface area contributed by atoms with Gasteiger partial charge in [0.25, 0.3) is 0 Å². The predicted molar refractivity (Wildman–Crippen MR) is 68.2 cm³/mol. The summed E-state index contributed by atoms with van der Waals surface area (Å²) >= 11 is 1.51. The lowest BCUT2D eigenvalue weighted by atomic mass is 10.3. The molecule has 5 heteroatoms. The first-order chi connectivity index (χ1) is 8.72. The molecular weight excluding hydrogens is 252 g/mol. The van der Waals surface area contributed by atoms with Crippen LogP contribution in [0.25, 0.3) is 0 Å². The number of methoxy groups -OCH3 is 1. The minimum absolute atomic E-state index is 0.00241. The maximum Gasteiger partial charge on any atom is 0.372 e. The molecule has 0 saturated heterocycles. The van der Waals surface area contributed by atoms with Crippen LogP contribution in [0.3, 0.4) is 0 Å². The number of carbonyl (C=O) groups is 1. The summed E-state index contributed by atoms with van der Waals surface area (Å²) in [6, 6.07) is 9.29. The van der Waals surface area contributed by atoms with Crippen molar-refractivity contribution in [3.63, 3.8) is 0 Å². The molecule has 18 heavy (non-hydrogen) atoms. The van der Waals surface area contributed by atoms with Crippen molar-refractivity contribution in [2.45, 2.75) is 10.6 Å². The van der Waals surface area contributed by atoms with Gasteiger partial charge in [-0.25, -0.2) is 4.79 Å². The van der Waals surface area contributed by atoms with Crippen molar-refractivity contribution in [2.75, 3.05) is 7.11 Å². The number of hydrogen-bond acceptors (Lipinski definition) is 4. The Morgan fingerprint density at radius 1 is 1.39 bits per heavy atom. The summed E-state index contributed by atoms with van der Waals surface area (Å²) in [5.41, 5.74) is 0.665. The van der Waals surface area contributed by atoms with Gasteiger partial charge in [-0.1, -0.05) is 12.1 Å². The summed E-state index contributed by atoms with van der Waals surface area (Å²) in [5.74, 6) is 0.259. The Labute approximate surface area is 109 Å². The van der Waals surface area contributed by atoms with Gasteiger partial charge in [-0.05, 0) is 18.2 Å².